The van der Waals surface area contributed by atoms with Crippen LogP contribution in [0.5, 0.6) is 0 Å². The number of urea groups is 1. The molecule has 0 aromatic carbocycles. The van der Waals surface area contributed by atoms with Gasteiger partial charge in [-0.2, -0.15) is 0 Å². The van der Waals surface area contributed by atoms with Crippen LogP contribution in [0.15, 0.2) is 24.8 Å². The molecule has 0 N–H and O–H groups in total. The van der Waals surface area contributed by atoms with E-state index in [-0.39, 0.29) is 6.42 Å². The number of amides is 4. The third-order valence-electron chi connectivity index (χ3n) is 4.85. The highest BCUT2D eigenvalue weighted by atomic mass is 16.2. The smallest absolute Gasteiger partial charge is 0.273 e. The number of hydrogen-bond donors (Lipinski definition) is 0. The molecule has 0 radical (unpaired) electrons. The van der Waals surface area contributed by atoms with E-state index in [0.29, 0.717) is 6.42 Å². The molecule has 0 bridgehead atoms. The minimum atomic E-state index is -1.24. The van der Waals surface area contributed by atoms with Gasteiger partial charge in [-0.15, -0.1) is 6.58 Å². The summed E-state index contributed by atoms with van der Waals surface area (Å²) in [6.07, 6.45) is 14.4. The maximum atomic E-state index is 12.6. The van der Waals surface area contributed by atoms with Crippen LogP contribution in [0.4, 0.5) is 4.79 Å². The van der Waals surface area contributed by atoms with Crippen molar-refractivity contribution >= 4 is 17.8 Å². The van der Waals surface area contributed by atoms with E-state index in [1.165, 1.54) is 46.2 Å². The second-order valence-electron chi connectivity index (χ2n) is 6.82. The van der Waals surface area contributed by atoms with Crippen molar-refractivity contribution in [2.75, 3.05) is 14.1 Å². The largest absolute Gasteiger partial charge is 0.332 e. The Kier molecular flexibility index (Phi) is 8.59. The Hall–Kier alpha value is -1.91. The first-order chi connectivity index (χ1) is 11.9. The molecule has 0 aromatic heterocycles. The second-order valence-corrected chi connectivity index (χ2v) is 6.82. The zero-order valence-electron chi connectivity index (χ0n) is 15.9. The van der Waals surface area contributed by atoms with Crippen molar-refractivity contribution in [2.24, 2.45) is 5.41 Å². The topological polar surface area (TPSA) is 57.7 Å². The Morgan fingerprint density at radius 1 is 0.880 bits per heavy atom. The van der Waals surface area contributed by atoms with E-state index in [9.17, 15) is 14.4 Å². The van der Waals surface area contributed by atoms with Crippen LogP contribution < -0.4 is 0 Å². The van der Waals surface area contributed by atoms with Gasteiger partial charge in [-0.3, -0.25) is 19.4 Å². The number of carbonyl (C=O) groups excluding carboxylic acids is 3. The molecule has 0 aromatic rings. The molecule has 140 valence electrons. The van der Waals surface area contributed by atoms with E-state index in [2.05, 4.69) is 13.5 Å². The van der Waals surface area contributed by atoms with Crippen molar-refractivity contribution in [3.8, 4) is 0 Å². The Balaban J connectivity index is 2.65. The van der Waals surface area contributed by atoms with Crippen molar-refractivity contribution in [1.82, 2.24) is 9.80 Å². The number of barbiturate groups is 1. The molecule has 1 saturated heterocycles. The molecule has 1 rings (SSSR count). The lowest BCUT2D eigenvalue weighted by atomic mass is 9.77. The molecule has 0 saturated carbocycles. The van der Waals surface area contributed by atoms with E-state index < -0.39 is 23.3 Å². The number of hydrogen-bond acceptors (Lipinski definition) is 3. The summed E-state index contributed by atoms with van der Waals surface area (Å²) in [5.74, 6) is -0.880. The Bertz CT molecular complexity index is 501. The number of nitrogens with zero attached hydrogens (tertiary/aromatic N) is 2. The maximum Gasteiger partial charge on any atom is 0.332 e. The monoisotopic (exact) mass is 348 g/mol. The van der Waals surface area contributed by atoms with Gasteiger partial charge in [-0.1, -0.05) is 57.3 Å². The zero-order valence-corrected chi connectivity index (χ0v) is 15.9. The molecule has 5 heteroatoms. The molecule has 1 aliphatic heterocycles. The van der Waals surface area contributed by atoms with Gasteiger partial charge in [0.05, 0.1) is 0 Å². The summed E-state index contributed by atoms with van der Waals surface area (Å²) in [4.78, 5) is 39.3. The summed E-state index contributed by atoms with van der Waals surface area (Å²) >= 11 is 0. The normalized spacial score (nSPS) is 17.6. The van der Waals surface area contributed by atoms with Crippen LogP contribution in [0.2, 0.25) is 0 Å². The fraction of sp³-hybridized carbons (Fsp3) is 0.650. The summed E-state index contributed by atoms with van der Waals surface area (Å²) in [5.41, 5.74) is -1.24. The molecule has 0 aliphatic carbocycles. The summed E-state index contributed by atoms with van der Waals surface area (Å²) in [7, 11) is 2.84. The van der Waals surface area contributed by atoms with Crippen molar-refractivity contribution in [3.63, 3.8) is 0 Å². The van der Waals surface area contributed by atoms with Gasteiger partial charge < -0.3 is 0 Å². The van der Waals surface area contributed by atoms with Gasteiger partial charge in [0.15, 0.2) is 0 Å². The predicted molar refractivity (Wildman–Crippen MR) is 99.9 cm³/mol. The number of unbranched alkanes of at least 4 members (excludes halogenated alkanes) is 6. The molecule has 1 fully saturated rings. The summed E-state index contributed by atoms with van der Waals surface area (Å²) in [5, 5.41) is 0. The van der Waals surface area contributed by atoms with Gasteiger partial charge in [0.1, 0.15) is 5.41 Å². The Morgan fingerprint density at radius 2 is 1.44 bits per heavy atom. The Morgan fingerprint density at radius 3 is 2.00 bits per heavy atom. The molecule has 25 heavy (non-hydrogen) atoms. The number of allylic oxidation sites excluding steroid dienone is 3. The van der Waals surface area contributed by atoms with Crippen LogP contribution in [0.1, 0.15) is 64.7 Å². The van der Waals surface area contributed by atoms with Gasteiger partial charge >= 0.3 is 6.03 Å². The van der Waals surface area contributed by atoms with E-state index in [4.69, 9.17) is 0 Å². The SMILES string of the molecule is C=CCC1(CC=CCCCCCCCC)C(=O)N(C)C(=O)N(C)C1=O. The van der Waals surface area contributed by atoms with Gasteiger partial charge in [0.25, 0.3) is 0 Å². The third kappa shape index (κ3) is 5.03. The van der Waals surface area contributed by atoms with Crippen molar-refractivity contribution < 1.29 is 14.4 Å². The minimum Gasteiger partial charge on any atom is -0.273 e. The van der Waals surface area contributed by atoms with Crippen LogP contribution in [0, 0.1) is 5.41 Å². The van der Waals surface area contributed by atoms with Gasteiger partial charge in [-0.05, 0) is 25.7 Å². The first-order valence-electron chi connectivity index (χ1n) is 9.28. The number of imide groups is 2. The van der Waals surface area contributed by atoms with Crippen molar-refractivity contribution in [3.05, 3.63) is 24.8 Å². The highest BCUT2D eigenvalue weighted by Gasteiger charge is 2.53. The molecule has 5 nitrogen and oxygen atoms in total. The fourth-order valence-electron chi connectivity index (χ4n) is 3.26. The van der Waals surface area contributed by atoms with E-state index in [1.807, 2.05) is 12.2 Å². The van der Waals surface area contributed by atoms with Gasteiger partial charge in [-0.25, -0.2) is 4.79 Å². The lowest BCUT2D eigenvalue weighted by Crippen LogP contribution is -2.62. The molecule has 1 heterocycles. The van der Waals surface area contributed by atoms with Gasteiger partial charge in [0, 0.05) is 14.1 Å². The standard InChI is InChI=1S/C20H32N2O3/c1-5-7-8-9-10-11-12-13-14-16-20(15-6-2)17(23)21(3)19(25)22(4)18(20)24/h6,13-14H,2,5,7-12,15-16H2,1,3-4H3. The van der Waals surface area contributed by atoms with E-state index in [1.54, 1.807) is 6.08 Å². The molecule has 0 spiro atoms. The summed E-state index contributed by atoms with van der Waals surface area (Å²) in [6, 6.07) is -0.578. The second kappa shape index (κ2) is 10.2. The lowest BCUT2D eigenvalue weighted by Gasteiger charge is -2.40. The lowest BCUT2D eigenvalue weighted by molar-refractivity contribution is -0.156. The van der Waals surface area contributed by atoms with Crippen LogP contribution in [0.3, 0.4) is 0 Å². The molecular formula is C20H32N2O3. The highest BCUT2D eigenvalue weighted by molar-refractivity contribution is 6.18. The van der Waals surface area contributed by atoms with Crippen molar-refractivity contribution in [1.29, 1.82) is 0 Å². The van der Waals surface area contributed by atoms with Crippen LogP contribution >= 0.6 is 0 Å². The first kappa shape index (κ1) is 21.1. The third-order valence-corrected chi connectivity index (χ3v) is 4.85. The van der Waals surface area contributed by atoms with Crippen LogP contribution in [0.25, 0.3) is 0 Å². The average molecular weight is 348 g/mol. The summed E-state index contributed by atoms with van der Waals surface area (Å²) < 4.78 is 0. The van der Waals surface area contributed by atoms with E-state index >= 15 is 0 Å². The zero-order chi connectivity index (χ0) is 18.9. The van der Waals surface area contributed by atoms with E-state index in [0.717, 1.165) is 22.6 Å². The number of carbonyl (C=O) groups is 3. The average Bonchev–Trinajstić information content (AvgIpc) is 2.61. The summed E-state index contributed by atoms with van der Waals surface area (Å²) in [6.45, 7) is 5.89. The molecule has 4 amide bonds. The van der Waals surface area contributed by atoms with Crippen LogP contribution in [-0.4, -0.2) is 41.7 Å². The fourth-order valence-corrected chi connectivity index (χ4v) is 3.26. The molecule has 1 aliphatic rings. The van der Waals surface area contributed by atoms with Gasteiger partial charge in [0.2, 0.25) is 11.8 Å². The quantitative estimate of drug-likeness (QED) is 0.318. The maximum absolute atomic E-state index is 12.6. The minimum absolute atomic E-state index is 0.230. The predicted octanol–water partition coefficient (Wildman–Crippen LogP) is 4.30. The molecular weight excluding hydrogens is 316 g/mol. The molecule has 0 unspecified atom stereocenters. The number of rotatable bonds is 11. The Labute approximate surface area is 151 Å². The first-order valence-corrected chi connectivity index (χ1v) is 9.28. The molecule has 0 atom stereocenters. The highest BCUT2D eigenvalue weighted by Crippen LogP contribution is 2.36. The van der Waals surface area contributed by atoms with Crippen LogP contribution in [-0.2, 0) is 9.59 Å². The van der Waals surface area contributed by atoms with Crippen molar-refractivity contribution in [2.45, 2.75) is 64.7 Å².